The molecule has 1 aromatic carbocycles. The molecule has 0 amide bonds. The number of aryl methyl sites for hydroxylation is 4. The van der Waals surface area contributed by atoms with Crippen LogP contribution in [0.2, 0.25) is 0 Å². The zero-order valence-electron chi connectivity index (χ0n) is 18.1. The molecule has 3 heterocycles. The Labute approximate surface area is 168 Å². The quantitative estimate of drug-likeness (QED) is 0.537. The van der Waals surface area contributed by atoms with Crippen LogP contribution in [0.25, 0.3) is 22.6 Å². The van der Waals surface area contributed by atoms with Gasteiger partial charge in [-0.1, -0.05) is 31.5 Å². The molecule has 0 saturated carbocycles. The van der Waals surface area contributed by atoms with E-state index in [1.165, 1.54) is 14.7 Å². The molecule has 0 N–H and O–H groups in total. The van der Waals surface area contributed by atoms with Crippen molar-refractivity contribution in [3.8, 4) is 5.69 Å². The average molecular weight is 393 g/mol. The molecule has 0 bridgehead atoms. The summed E-state index contributed by atoms with van der Waals surface area (Å²) < 4.78 is 6.76. The highest BCUT2D eigenvalue weighted by Gasteiger charge is 2.23. The van der Waals surface area contributed by atoms with Crippen LogP contribution in [0.5, 0.6) is 0 Å². The smallest absolute Gasteiger partial charge is 0.282 e. The number of fused-ring (bicyclic) bond motifs is 3. The Balaban J connectivity index is 2.18. The van der Waals surface area contributed by atoms with E-state index in [1.807, 2.05) is 32.1 Å². The summed E-state index contributed by atoms with van der Waals surface area (Å²) in [7, 11) is 1.68. The highest BCUT2D eigenvalue weighted by atomic mass is 16.2. The maximum atomic E-state index is 13.3. The number of rotatable bonds is 3. The summed E-state index contributed by atoms with van der Waals surface area (Å²) in [6.07, 6.45) is 0. The molecule has 4 rings (SSSR count). The Morgan fingerprint density at radius 3 is 2.34 bits per heavy atom. The second kappa shape index (κ2) is 6.47. The van der Waals surface area contributed by atoms with Crippen LogP contribution in [0.3, 0.4) is 0 Å². The number of aromatic nitrogens is 5. The molecule has 0 radical (unpaired) electrons. The third kappa shape index (κ3) is 2.68. The molecule has 29 heavy (non-hydrogen) atoms. The van der Waals surface area contributed by atoms with Crippen molar-refractivity contribution in [2.75, 3.05) is 0 Å². The minimum atomic E-state index is -0.329. The highest BCUT2D eigenvalue weighted by molar-refractivity contribution is 5.77. The lowest BCUT2D eigenvalue weighted by Gasteiger charge is -2.11. The summed E-state index contributed by atoms with van der Waals surface area (Å²) in [5.74, 6) is 0.834. The molecule has 0 spiro atoms. The Morgan fingerprint density at radius 2 is 1.72 bits per heavy atom. The maximum Gasteiger partial charge on any atom is 0.332 e. The summed E-state index contributed by atoms with van der Waals surface area (Å²) in [5.41, 5.74) is 5.55. The van der Waals surface area contributed by atoms with Gasteiger partial charge in [-0.25, -0.2) is 4.79 Å². The molecule has 0 atom stereocenters. The third-order valence-electron chi connectivity index (χ3n) is 5.66. The van der Waals surface area contributed by atoms with E-state index < -0.39 is 0 Å². The van der Waals surface area contributed by atoms with Gasteiger partial charge in [0, 0.05) is 25.0 Å². The van der Waals surface area contributed by atoms with Crippen molar-refractivity contribution in [3.63, 3.8) is 0 Å². The first-order valence-corrected chi connectivity index (χ1v) is 9.91. The third-order valence-corrected chi connectivity index (χ3v) is 5.66. The SMILES string of the molecule is Cc1ccc(-n2c(C)c(C)n3c4c(=O)n(CC(C)C)c(=O)n(C)c4nc23)c(C)c1. The van der Waals surface area contributed by atoms with E-state index in [1.54, 1.807) is 7.05 Å². The van der Waals surface area contributed by atoms with Gasteiger partial charge in [0.2, 0.25) is 5.78 Å². The van der Waals surface area contributed by atoms with Gasteiger partial charge in [0.05, 0.1) is 5.69 Å². The first kappa shape index (κ1) is 19.2. The molecule has 152 valence electrons. The van der Waals surface area contributed by atoms with E-state index in [0.717, 1.165) is 22.6 Å². The van der Waals surface area contributed by atoms with Gasteiger partial charge >= 0.3 is 5.69 Å². The number of hydrogen-bond acceptors (Lipinski definition) is 3. The van der Waals surface area contributed by atoms with E-state index in [9.17, 15) is 9.59 Å². The minimum absolute atomic E-state index is 0.184. The van der Waals surface area contributed by atoms with Gasteiger partial charge in [-0.15, -0.1) is 0 Å². The molecular formula is C22H27N5O2. The number of imidazole rings is 2. The monoisotopic (exact) mass is 393 g/mol. The van der Waals surface area contributed by atoms with E-state index in [4.69, 9.17) is 4.98 Å². The standard InChI is InChI=1S/C22H27N5O2/c1-12(2)11-25-20(28)18-19(24(7)22(25)29)23-21-26(15(5)16(6)27(18)21)17-9-8-13(3)10-14(17)4/h8-10,12H,11H2,1-7H3. The van der Waals surface area contributed by atoms with Crippen LogP contribution in [-0.4, -0.2) is 23.1 Å². The second-order valence-electron chi connectivity index (χ2n) is 8.37. The molecule has 7 heteroatoms. The Kier molecular flexibility index (Phi) is 4.29. The first-order chi connectivity index (χ1) is 13.6. The number of benzene rings is 1. The predicted molar refractivity (Wildman–Crippen MR) is 115 cm³/mol. The van der Waals surface area contributed by atoms with Crippen LogP contribution < -0.4 is 11.2 Å². The lowest BCUT2D eigenvalue weighted by molar-refractivity contribution is 0.484. The van der Waals surface area contributed by atoms with E-state index in [-0.39, 0.29) is 17.2 Å². The average Bonchev–Trinajstić information content (AvgIpc) is 3.14. The first-order valence-electron chi connectivity index (χ1n) is 9.91. The van der Waals surface area contributed by atoms with Crippen LogP contribution in [0.4, 0.5) is 0 Å². The lowest BCUT2D eigenvalue weighted by Crippen LogP contribution is -2.40. The molecule has 0 saturated heterocycles. The molecule has 0 fully saturated rings. The maximum absolute atomic E-state index is 13.3. The summed E-state index contributed by atoms with van der Waals surface area (Å²) in [4.78, 5) is 30.9. The normalized spacial score (nSPS) is 12.0. The van der Waals surface area contributed by atoms with E-state index in [0.29, 0.717) is 23.5 Å². The molecule has 0 aliphatic heterocycles. The van der Waals surface area contributed by atoms with Crippen LogP contribution in [0.15, 0.2) is 27.8 Å². The van der Waals surface area contributed by atoms with Crippen molar-refractivity contribution in [3.05, 3.63) is 61.6 Å². The number of nitrogens with zero attached hydrogens (tertiary/aromatic N) is 5. The minimum Gasteiger partial charge on any atom is -0.282 e. The van der Waals surface area contributed by atoms with Crippen molar-refractivity contribution in [2.24, 2.45) is 13.0 Å². The van der Waals surface area contributed by atoms with Crippen LogP contribution >= 0.6 is 0 Å². The molecule has 7 nitrogen and oxygen atoms in total. The lowest BCUT2D eigenvalue weighted by atomic mass is 10.1. The molecule has 0 aliphatic carbocycles. The van der Waals surface area contributed by atoms with Crippen molar-refractivity contribution in [2.45, 2.75) is 48.1 Å². The fraction of sp³-hybridized carbons (Fsp3) is 0.409. The molecule has 0 aliphatic rings. The highest BCUT2D eigenvalue weighted by Crippen LogP contribution is 2.26. The molecule has 3 aromatic heterocycles. The van der Waals surface area contributed by atoms with E-state index in [2.05, 4.69) is 36.6 Å². The second-order valence-corrected chi connectivity index (χ2v) is 8.37. The van der Waals surface area contributed by atoms with E-state index >= 15 is 0 Å². The molecule has 0 unspecified atom stereocenters. The van der Waals surface area contributed by atoms with Crippen LogP contribution in [-0.2, 0) is 13.6 Å². The summed E-state index contributed by atoms with van der Waals surface area (Å²) >= 11 is 0. The van der Waals surface area contributed by atoms with Crippen molar-refractivity contribution >= 4 is 16.9 Å². The summed E-state index contributed by atoms with van der Waals surface area (Å²) in [6.45, 7) is 12.5. The van der Waals surface area contributed by atoms with Crippen LogP contribution in [0, 0.1) is 33.6 Å². The zero-order valence-corrected chi connectivity index (χ0v) is 18.1. The Morgan fingerprint density at radius 1 is 1.03 bits per heavy atom. The van der Waals surface area contributed by atoms with Crippen molar-refractivity contribution in [1.29, 1.82) is 0 Å². The van der Waals surface area contributed by atoms with Gasteiger partial charge in [-0.05, 0) is 45.2 Å². The largest absolute Gasteiger partial charge is 0.332 e. The van der Waals surface area contributed by atoms with Gasteiger partial charge < -0.3 is 0 Å². The molecule has 4 aromatic rings. The Bertz CT molecular complexity index is 1400. The fourth-order valence-electron chi connectivity index (χ4n) is 4.12. The van der Waals surface area contributed by atoms with Gasteiger partial charge in [0.1, 0.15) is 0 Å². The predicted octanol–water partition coefficient (Wildman–Crippen LogP) is 3.03. The van der Waals surface area contributed by atoms with Gasteiger partial charge in [0.25, 0.3) is 5.56 Å². The van der Waals surface area contributed by atoms with Gasteiger partial charge in [-0.2, -0.15) is 4.98 Å². The fourth-order valence-corrected chi connectivity index (χ4v) is 4.12. The summed E-state index contributed by atoms with van der Waals surface area (Å²) in [5, 5.41) is 0. The summed E-state index contributed by atoms with van der Waals surface area (Å²) in [6, 6.07) is 6.28. The molecular weight excluding hydrogens is 366 g/mol. The van der Waals surface area contributed by atoms with Gasteiger partial charge in [-0.3, -0.25) is 22.9 Å². The Hall–Kier alpha value is -3.09. The number of hydrogen-bond donors (Lipinski definition) is 0. The zero-order chi connectivity index (χ0) is 21.2. The van der Waals surface area contributed by atoms with Crippen molar-refractivity contribution < 1.29 is 0 Å². The van der Waals surface area contributed by atoms with Crippen molar-refractivity contribution in [1.82, 2.24) is 23.1 Å². The topological polar surface area (TPSA) is 66.2 Å². The van der Waals surface area contributed by atoms with Crippen LogP contribution in [0.1, 0.15) is 36.4 Å². The van der Waals surface area contributed by atoms with Gasteiger partial charge in [0.15, 0.2) is 11.2 Å².